The second-order valence-corrected chi connectivity index (χ2v) is 5.39. The quantitative estimate of drug-likeness (QED) is 0.763. The van der Waals surface area contributed by atoms with E-state index in [1.54, 1.807) is 12.1 Å². The van der Waals surface area contributed by atoms with E-state index in [0.717, 1.165) is 29.1 Å². The van der Waals surface area contributed by atoms with E-state index in [4.69, 9.17) is 0 Å². The van der Waals surface area contributed by atoms with Crippen molar-refractivity contribution >= 4 is 5.78 Å². The number of rotatable bonds is 1. The van der Waals surface area contributed by atoms with Crippen LogP contribution in [0.4, 0.5) is 4.39 Å². The molecule has 1 aliphatic rings. The Hall–Kier alpha value is -1.90. The van der Waals surface area contributed by atoms with Gasteiger partial charge < -0.3 is 4.57 Å². The molecule has 0 saturated heterocycles. The second kappa shape index (κ2) is 4.34. The predicted octanol–water partition coefficient (Wildman–Crippen LogP) is 3.69. The summed E-state index contributed by atoms with van der Waals surface area (Å²) in [4.78, 5) is 12.1. The number of hydrogen-bond acceptors (Lipinski definition) is 1. The first-order valence-electron chi connectivity index (χ1n) is 6.56. The molecule has 19 heavy (non-hydrogen) atoms. The molecule has 2 nitrogen and oxygen atoms in total. The minimum Gasteiger partial charge on any atom is -0.317 e. The van der Waals surface area contributed by atoms with E-state index in [1.807, 2.05) is 13.0 Å². The first kappa shape index (κ1) is 12.2. The molecule has 0 aliphatic heterocycles. The Morgan fingerprint density at radius 3 is 2.58 bits per heavy atom. The number of carbonyl (C=O) groups is 1. The average molecular weight is 257 g/mol. The molecule has 3 rings (SSSR count). The van der Waals surface area contributed by atoms with Crippen LogP contribution in [-0.4, -0.2) is 10.4 Å². The maximum Gasteiger partial charge on any atom is 0.164 e. The molecule has 1 aliphatic carbocycles. The van der Waals surface area contributed by atoms with Crippen molar-refractivity contribution < 1.29 is 9.18 Å². The van der Waals surface area contributed by atoms with Crippen molar-refractivity contribution in [2.75, 3.05) is 0 Å². The summed E-state index contributed by atoms with van der Waals surface area (Å²) in [5.41, 5.74) is 3.84. The molecule has 0 radical (unpaired) electrons. The van der Waals surface area contributed by atoms with Gasteiger partial charge in [0.05, 0.1) is 0 Å². The van der Waals surface area contributed by atoms with Gasteiger partial charge in [-0.2, -0.15) is 0 Å². The Balaban J connectivity index is 2.17. The summed E-state index contributed by atoms with van der Waals surface area (Å²) in [6.45, 7) is 4.08. The number of fused-ring (bicyclic) bond motifs is 1. The Bertz CT molecular complexity index is 640. The topological polar surface area (TPSA) is 22.0 Å². The average Bonchev–Trinajstić information content (AvgIpc) is 2.67. The minimum absolute atomic E-state index is 0.220. The van der Waals surface area contributed by atoms with Crippen molar-refractivity contribution in [1.82, 2.24) is 4.57 Å². The number of carbonyl (C=O) groups excluding carboxylic acids is 1. The third-order valence-electron chi connectivity index (χ3n) is 3.75. The number of ketones is 1. The summed E-state index contributed by atoms with van der Waals surface area (Å²) < 4.78 is 15.1. The van der Waals surface area contributed by atoms with Crippen LogP contribution >= 0.6 is 0 Å². The number of hydrogen-bond donors (Lipinski definition) is 0. The summed E-state index contributed by atoms with van der Waals surface area (Å²) in [6.07, 6.45) is 1.52. The van der Waals surface area contributed by atoms with Gasteiger partial charge in [0.25, 0.3) is 0 Å². The number of benzene rings is 1. The maximum absolute atomic E-state index is 13.0. The highest BCUT2D eigenvalue weighted by atomic mass is 19.1. The van der Waals surface area contributed by atoms with Crippen molar-refractivity contribution in [3.05, 3.63) is 53.1 Å². The molecule has 1 atom stereocenters. The van der Waals surface area contributed by atoms with Crippen molar-refractivity contribution in [3.63, 3.8) is 0 Å². The van der Waals surface area contributed by atoms with E-state index in [2.05, 4.69) is 11.5 Å². The van der Waals surface area contributed by atoms with Gasteiger partial charge in [-0.1, -0.05) is 6.92 Å². The Labute approximate surface area is 111 Å². The van der Waals surface area contributed by atoms with Gasteiger partial charge in [0.1, 0.15) is 5.82 Å². The molecule has 0 bridgehead atoms. The van der Waals surface area contributed by atoms with Gasteiger partial charge in [-0.25, -0.2) is 4.39 Å². The fraction of sp³-hybridized carbons (Fsp3) is 0.312. The van der Waals surface area contributed by atoms with E-state index in [-0.39, 0.29) is 11.6 Å². The van der Waals surface area contributed by atoms with Gasteiger partial charge in [-0.3, -0.25) is 4.79 Å². The normalized spacial score (nSPS) is 18.5. The van der Waals surface area contributed by atoms with E-state index in [9.17, 15) is 9.18 Å². The molecule has 1 aromatic carbocycles. The molecule has 2 aromatic rings. The molecule has 3 heteroatoms. The first-order chi connectivity index (χ1) is 9.06. The molecule has 0 spiro atoms. The van der Waals surface area contributed by atoms with Gasteiger partial charge in [-0.15, -0.1) is 0 Å². The third kappa shape index (κ3) is 1.99. The van der Waals surface area contributed by atoms with Crippen molar-refractivity contribution in [2.24, 2.45) is 5.92 Å². The number of nitrogens with zero attached hydrogens (tertiary/aromatic N) is 1. The highest BCUT2D eigenvalue weighted by Gasteiger charge is 2.27. The number of aromatic nitrogens is 1. The van der Waals surface area contributed by atoms with Crippen LogP contribution in [0.15, 0.2) is 30.3 Å². The smallest absolute Gasteiger partial charge is 0.164 e. The summed E-state index contributed by atoms with van der Waals surface area (Å²) in [5.74, 6) is 0.345. The SMILES string of the molecule is Cc1cc2c(n1-c1ccc(F)cc1)C[C@H](C)CC2=O. The highest BCUT2D eigenvalue weighted by molar-refractivity contribution is 5.98. The summed E-state index contributed by atoms with van der Waals surface area (Å²) >= 11 is 0. The lowest BCUT2D eigenvalue weighted by molar-refractivity contribution is 0.0952. The molecule has 1 aromatic heterocycles. The monoisotopic (exact) mass is 257 g/mol. The van der Waals surface area contributed by atoms with Crippen molar-refractivity contribution in [3.8, 4) is 5.69 Å². The van der Waals surface area contributed by atoms with Crippen LogP contribution in [-0.2, 0) is 6.42 Å². The zero-order valence-electron chi connectivity index (χ0n) is 11.1. The third-order valence-corrected chi connectivity index (χ3v) is 3.75. The van der Waals surface area contributed by atoms with Crippen LogP contribution in [0, 0.1) is 18.7 Å². The van der Waals surface area contributed by atoms with Crippen LogP contribution in [0.2, 0.25) is 0 Å². The van der Waals surface area contributed by atoms with Gasteiger partial charge in [0, 0.05) is 29.1 Å². The lowest BCUT2D eigenvalue weighted by Gasteiger charge is -2.20. The van der Waals surface area contributed by atoms with Crippen molar-refractivity contribution in [2.45, 2.75) is 26.7 Å². The lowest BCUT2D eigenvalue weighted by Crippen LogP contribution is -2.19. The number of halogens is 1. The largest absolute Gasteiger partial charge is 0.317 e. The molecule has 1 heterocycles. The summed E-state index contributed by atoms with van der Waals surface area (Å²) in [6, 6.07) is 8.37. The lowest BCUT2D eigenvalue weighted by atomic mass is 9.88. The maximum atomic E-state index is 13.0. The molecule has 0 amide bonds. The minimum atomic E-state index is -0.244. The Kier molecular flexibility index (Phi) is 2.77. The zero-order chi connectivity index (χ0) is 13.6. The van der Waals surface area contributed by atoms with Gasteiger partial charge >= 0.3 is 0 Å². The van der Waals surface area contributed by atoms with Crippen LogP contribution in [0.25, 0.3) is 5.69 Å². The Morgan fingerprint density at radius 1 is 1.21 bits per heavy atom. The van der Waals surface area contributed by atoms with Gasteiger partial charge in [-0.05, 0) is 49.6 Å². The molecule has 98 valence electrons. The molecule has 0 saturated carbocycles. The fourth-order valence-electron chi connectivity index (χ4n) is 2.91. The standard InChI is InChI=1S/C16H16FNO/c1-10-7-15-14(16(19)8-10)9-11(2)18(15)13-5-3-12(17)4-6-13/h3-6,9-10H,7-8H2,1-2H3/t10-/m0/s1. The highest BCUT2D eigenvalue weighted by Crippen LogP contribution is 2.30. The van der Waals surface area contributed by atoms with Crippen LogP contribution < -0.4 is 0 Å². The van der Waals surface area contributed by atoms with E-state index in [1.165, 1.54) is 12.1 Å². The van der Waals surface area contributed by atoms with Gasteiger partial charge in [0.15, 0.2) is 5.78 Å². The van der Waals surface area contributed by atoms with E-state index in [0.29, 0.717) is 12.3 Å². The predicted molar refractivity (Wildman–Crippen MR) is 72.3 cm³/mol. The van der Waals surface area contributed by atoms with E-state index < -0.39 is 0 Å². The zero-order valence-corrected chi connectivity index (χ0v) is 11.1. The molecule has 0 fully saturated rings. The fourth-order valence-corrected chi connectivity index (χ4v) is 2.91. The summed E-state index contributed by atoms with van der Waals surface area (Å²) in [5, 5.41) is 0. The molecule has 0 unspecified atom stereocenters. The Morgan fingerprint density at radius 2 is 1.89 bits per heavy atom. The van der Waals surface area contributed by atoms with Crippen LogP contribution in [0.3, 0.4) is 0 Å². The molecule has 0 N–H and O–H groups in total. The second-order valence-electron chi connectivity index (χ2n) is 5.39. The van der Waals surface area contributed by atoms with Gasteiger partial charge in [0.2, 0.25) is 0 Å². The summed E-state index contributed by atoms with van der Waals surface area (Å²) in [7, 11) is 0. The number of aryl methyl sites for hydroxylation is 1. The molecular formula is C16H16FNO. The van der Waals surface area contributed by atoms with E-state index >= 15 is 0 Å². The van der Waals surface area contributed by atoms with Crippen molar-refractivity contribution in [1.29, 1.82) is 0 Å². The first-order valence-corrected chi connectivity index (χ1v) is 6.56. The molecular weight excluding hydrogens is 241 g/mol. The number of Topliss-reactive ketones (excluding diaryl/α,β-unsaturated/α-hetero) is 1. The van der Waals surface area contributed by atoms with Crippen LogP contribution in [0.5, 0.6) is 0 Å². The van der Waals surface area contributed by atoms with Crippen LogP contribution in [0.1, 0.15) is 35.1 Å².